The monoisotopic (exact) mass is 322 g/mol. The predicted octanol–water partition coefficient (Wildman–Crippen LogP) is 2.33. The molecule has 0 fully saturated rings. The maximum atomic E-state index is 12.5. The summed E-state index contributed by atoms with van der Waals surface area (Å²) < 4.78 is 30.1. The highest BCUT2D eigenvalue weighted by molar-refractivity contribution is 7.93. The van der Waals surface area contributed by atoms with Crippen LogP contribution in [0.25, 0.3) is 10.1 Å². The molecule has 0 saturated heterocycles. The Kier molecular flexibility index (Phi) is 3.14. The van der Waals surface area contributed by atoms with Gasteiger partial charge in [0.25, 0.3) is 10.0 Å². The summed E-state index contributed by atoms with van der Waals surface area (Å²) in [6.07, 6.45) is 0. The van der Waals surface area contributed by atoms with Crippen LogP contribution in [0, 0.1) is 6.92 Å². The Labute approximate surface area is 126 Å². The first kappa shape index (κ1) is 13.9. The number of thiophene rings is 1. The highest BCUT2D eigenvalue weighted by Gasteiger charge is 2.24. The van der Waals surface area contributed by atoms with Gasteiger partial charge in [-0.3, -0.25) is 9.40 Å². The summed E-state index contributed by atoms with van der Waals surface area (Å²) in [6.45, 7) is 1.67. The maximum Gasteiger partial charge on any atom is 0.267 e. The van der Waals surface area contributed by atoms with Crippen molar-refractivity contribution in [1.82, 2.24) is 9.78 Å². The second-order valence-corrected chi connectivity index (χ2v) is 7.27. The second-order valence-electron chi connectivity index (χ2n) is 4.70. The van der Waals surface area contributed by atoms with Crippen LogP contribution in [0.1, 0.15) is 5.69 Å². The SMILES string of the molecule is Cc1c(S(=O)(=O)Nc2ccc3sccc3c2)c(N)nn1C. The summed E-state index contributed by atoms with van der Waals surface area (Å²) in [5, 5.41) is 6.90. The standard InChI is InChI=1S/C13H14N4O2S2/c1-8-12(13(14)15-17(8)2)21(18,19)16-10-3-4-11-9(7-10)5-6-20-11/h3-7,16H,1-2H3,(H2,14,15). The summed E-state index contributed by atoms with van der Waals surface area (Å²) in [4.78, 5) is 0.0235. The molecule has 0 unspecified atom stereocenters. The van der Waals surface area contributed by atoms with Crippen molar-refractivity contribution < 1.29 is 8.42 Å². The molecule has 0 spiro atoms. The lowest BCUT2D eigenvalue weighted by Crippen LogP contribution is -2.15. The van der Waals surface area contributed by atoms with Gasteiger partial charge in [-0.1, -0.05) is 0 Å². The molecule has 3 N–H and O–H groups in total. The van der Waals surface area contributed by atoms with Gasteiger partial charge in [-0.25, -0.2) is 8.42 Å². The fraction of sp³-hybridized carbons (Fsp3) is 0.154. The quantitative estimate of drug-likeness (QED) is 0.774. The number of nitrogen functional groups attached to an aromatic ring is 1. The predicted molar refractivity (Wildman–Crippen MR) is 85.0 cm³/mol. The number of sulfonamides is 1. The summed E-state index contributed by atoms with van der Waals surface area (Å²) in [5.41, 5.74) is 6.71. The van der Waals surface area contributed by atoms with E-state index in [1.807, 2.05) is 17.5 Å². The number of benzene rings is 1. The molecule has 8 heteroatoms. The van der Waals surface area contributed by atoms with Gasteiger partial charge in [-0.15, -0.1) is 11.3 Å². The summed E-state index contributed by atoms with van der Waals surface area (Å²) >= 11 is 1.61. The topological polar surface area (TPSA) is 90.0 Å². The minimum absolute atomic E-state index is 0.000823. The van der Waals surface area contributed by atoms with Crippen LogP contribution < -0.4 is 10.5 Å². The summed E-state index contributed by atoms with van der Waals surface area (Å²) in [6, 6.07) is 7.36. The lowest BCUT2D eigenvalue weighted by atomic mass is 10.2. The van der Waals surface area contributed by atoms with E-state index in [1.165, 1.54) is 4.68 Å². The zero-order valence-electron chi connectivity index (χ0n) is 11.5. The van der Waals surface area contributed by atoms with Crippen molar-refractivity contribution in [2.24, 2.45) is 7.05 Å². The van der Waals surface area contributed by atoms with Gasteiger partial charge in [0.05, 0.1) is 5.69 Å². The third-order valence-corrected chi connectivity index (χ3v) is 5.72. The van der Waals surface area contributed by atoms with Crippen LogP contribution in [-0.4, -0.2) is 18.2 Å². The molecule has 0 amide bonds. The number of nitrogens with zero attached hydrogens (tertiary/aromatic N) is 2. The molecular formula is C13H14N4O2S2. The molecule has 3 aromatic rings. The number of hydrogen-bond acceptors (Lipinski definition) is 5. The molecule has 21 heavy (non-hydrogen) atoms. The van der Waals surface area contributed by atoms with Crippen LogP contribution in [0.15, 0.2) is 34.5 Å². The number of nitrogens with one attached hydrogen (secondary N) is 1. The molecule has 0 aliphatic carbocycles. The zero-order chi connectivity index (χ0) is 15.2. The molecule has 0 aliphatic heterocycles. The van der Waals surface area contributed by atoms with Crippen molar-refractivity contribution in [3.8, 4) is 0 Å². The largest absolute Gasteiger partial charge is 0.381 e. The number of rotatable bonds is 3. The first-order valence-corrected chi connectivity index (χ1v) is 8.54. The molecule has 2 heterocycles. The van der Waals surface area contributed by atoms with Crippen molar-refractivity contribution in [3.63, 3.8) is 0 Å². The van der Waals surface area contributed by atoms with Gasteiger partial charge in [0.2, 0.25) is 0 Å². The molecule has 2 aromatic heterocycles. The third-order valence-electron chi connectivity index (χ3n) is 3.28. The van der Waals surface area contributed by atoms with E-state index < -0.39 is 10.0 Å². The summed E-state index contributed by atoms with van der Waals surface area (Å²) in [7, 11) is -2.11. The number of fused-ring (bicyclic) bond motifs is 1. The van der Waals surface area contributed by atoms with Gasteiger partial charge in [-0.2, -0.15) is 5.10 Å². The van der Waals surface area contributed by atoms with Crippen LogP contribution in [-0.2, 0) is 17.1 Å². The number of anilines is 2. The maximum absolute atomic E-state index is 12.5. The highest BCUT2D eigenvalue weighted by Crippen LogP contribution is 2.27. The van der Waals surface area contributed by atoms with Gasteiger partial charge in [0, 0.05) is 17.4 Å². The summed E-state index contributed by atoms with van der Waals surface area (Å²) in [5.74, 6) is -0.000823. The average molecular weight is 322 g/mol. The second kappa shape index (κ2) is 4.74. The van der Waals surface area contributed by atoms with E-state index in [0.717, 1.165) is 10.1 Å². The van der Waals surface area contributed by atoms with Crippen molar-refractivity contribution in [3.05, 3.63) is 35.3 Å². The van der Waals surface area contributed by atoms with E-state index in [1.54, 1.807) is 37.4 Å². The van der Waals surface area contributed by atoms with E-state index in [-0.39, 0.29) is 10.7 Å². The van der Waals surface area contributed by atoms with Crippen LogP contribution in [0.4, 0.5) is 11.5 Å². The fourth-order valence-electron chi connectivity index (χ4n) is 2.18. The highest BCUT2D eigenvalue weighted by atomic mass is 32.2. The Morgan fingerprint density at radius 2 is 2.10 bits per heavy atom. The van der Waals surface area contributed by atoms with Gasteiger partial charge < -0.3 is 5.73 Å². The lowest BCUT2D eigenvalue weighted by molar-refractivity contribution is 0.600. The molecule has 6 nitrogen and oxygen atoms in total. The zero-order valence-corrected chi connectivity index (χ0v) is 13.1. The van der Waals surface area contributed by atoms with E-state index in [2.05, 4.69) is 9.82 Å². The Morgan fingerprint density at radius 1 is 1.33 bits per heavy atom. The molecule has 0 aliphatic rings. The molecule has 0 radical (unpaired) electrons. The van der Waals surface area contributed by atoms with Gasteiger partial charge in [-0.05, 0) is 42.0 Å². The first-order valence-electron chi connectivity index (χ1n) is 6.17. The van der Waals surface area contributed by atoms with Gasteiger partial charge >= 0.3 is 0 Å². The Hall–Kier alpha value is -2.06. The van der Waals surface area contributed by atoms with Crippen LogP contribution in [0.2, 0.25) is 0 Å². The van der Waals surface area contributed by atoms with Crippen molar-refractivity contribution in [1.29, 1.82) is 0 Å². The average Bonchev–Trinajstić information content (AvgIpc) is 2.94. The molecule has 0 bridgehead atoms. The normalized spacial score (nSPS) is 11.9. The van der Waals surface area contributed by atoms with Crippen LogP contribution >= 0.6 is 11.3 Å². The van der Waals surface area contributed by atoms with Crippen molar-refractivity contribution in [2.45, 2.75) is 11.8 Å². The van der Waals surface area contributed by atoms with Gasteiger partial charge in [0.15, 0.2) is 10.7 Å². The first-order chi connectivity index (χ1) is 9.88. The Morgan fingerprint density at radius 3 is 2.76 bits per heavy atom. The number of aryl methyl sites for hydroxylation is 1. The minimum atomic E-state index is -3.76. The molecule has 0 atom stereocenters. The third kappa shape index (κ3) is 2.36. The number of hydrogen-bond donors (Lipinski definition) is 2. The Balaban J connectivity index is 2.02. The Bertz CT molecular complexity index is 925. The molecule has 1 aromatic carbocycles. The fourth-order valence-corrected chi connectivity index (χ4v) is 4.33. The lowest BCUT2D eigenvalue weighted by Gasteiger charge is -2.08. The van der Waals surface area contributed by atoms with E-state index in [4.69, 9.17) is 5.73 Å². The molecule has 0 saturated carbocycles. The van der Waals surface area contributed by atoms with Gasteiger partial charge in [0.1, 0.15) is 0 Å². The molecular weight excluding hydrogens is 308 g/mol. The molecule has 110 valence electrons. The smallest absolute Gasteiger partial charge is 0.267 e. The van der Waals surface area contributed by atoms with E-state index >= 15 is 0 Å². The molecule has 3 rings (SSSR count). The van der Waals surface area contributed by atoms with Crippen LogP contribution in [0.3, 0.4) is 0 Å². The van der Waals surface area contributed by atoms with E-state index in [0.29, 0.717) is 11.4 Å². The number of nitrogens with two attached hydrogens (primary N) is 1. The van der Waals surface area contributed by atoms with E-state index in [9.17, 15) is 8.42 Å². The van der Waals surface area contributed by atoms with Crippen molar-refractivity contribution in [2.75, 3.05) is 10.5 Å². The van der Waals surface area contributed by atoms with Crippen molar-refractivity contribution >= 4 is 43.0 Å². The number of aromatic nitrogens is 2. The minimum Gasteiger partial charge on any atom is -0.381 e. The van der Waals surface area contributed by atoms with Crippen LogP contribution in [0.5, 0.6) is 0 Å².